The Morgan fingerprint density at radius 2 is 2.03 bits per heavy atom. The van der Waals surface area contributed by atoms with Gasteiger partial charge in [-0.15, -0.1) is 15.6 Å². The zero-order chi connectivity index (χ0) is 27.7. The Kier molecular flexibility index (Phi) is 7.50. The molecule has 202 valence electrons. The van der Waals surface area contributed by atoms with Gasteiger partial charge in [0.15, 0.2) is 23.2 Å². The van der Waals surface area contributed by atoms with Gasteiger partial charge in [-0.05, 0) is 43.5 Å². The number of anilines is 2. The van der Waals surface area contributed by atoms with Gasteiger partial charge in [0.2, 0.25) is 0 Å². The maximum atomic E-state index is 13.1. The fourth-order valence-electron chi connectivity index (χ4n) is 3.86. The summed E-state index contributed by atoms with van der Waals surface area (Å²) in [6.45, 7) is 3.06. The van der Waals surface area contributed by atoms with Crippen LogP contribution in [0.15, 0.2) is 41.0 Å². The van der Waals surface area contributed by atoms with Gasteiger partial charge in [-0.3, -0.25) is 14.1 Å². The number of hydrogen-bond donors (Lipinski definition) is 3. The lowest BCUT2D eigenvalue weighted by atomic mass is 9.74. The Bertz CT molecular complexity index is 1520. The van der Waals surface area contributed by atoms with Gasteiger partial charge in [-0.2, -0.15) is 13.5 Å². The standard InChI is InChI=1S/C22H24N6O8S2/c1-22(2)15(20(30)28(22)36-38(31,32)33)10-17(29)18(16-11-37-21(24)26-16)27-35-8-7-34-13-3-4-14-12(9-13)5-6-25-19(14)23/h3-6,9,11,15H,7-8,10H2,1-2H3,(H2,23,25)(H2,24,26)(H,31,32,33)/b27-18-/t15-/m1/s1. The quantitative estimate of drug-likeness (QED) is 0.0996. The van der Waals surface area contributed by atoms with E-state index in [-0.39, 0.29) is 36.2 Å². The van der Waals surface area contributed by atoms with Crippen LogP contribution in [0.3, 0.4) is 0 Å². The molecular formula is C22H24N6O8S2. The maximum Gasteiger partial charge on any atom is 0.418 e. The van der Waals surface area contributed by atoms with Crippen molar-refractivity contribution in [1.29, 1.82) is 0 Å². The second-order valence-corrected chi connectivity index (χ2v) is 10.6. The van der Waals surface area contributed by atoms with Crippen LogP contribution in [0.4, 0.5) is 10.9 Å². The first-order valence-electron chi connectivity index (χ1n) is 11.1. The van der Waals surface area contributed by atoms with Gasteiger partial charge in [0.25, 0.3) is 5.91 Å². The third kappa shape index (κ3) is 5.83. The summed E-state index contributed by atoms with van der Waals surface area (Å²) in [7, 11) is -4.91. The molecule has 16 heteroatoms. The van der Waals surface area contributed by atoms with E-state index in [1.165, 1.54) is 19.2 Å². The average molecular weight is 565 g/mol. The Balaban J connectivity index is 1.40. The lowest BCUT2D eigenvalue weighted by Crippen LogP contribution is -2.68. The predicted octanol–water partition coefficient (Wildman–Crippen LogP) is 1.59. The van der Waals surface area contributed by atoms with E-state index in [1.807, 2.05) is 0 Å². The molecule has 1 atom stereocenters. The number of rotatable bonds is 11. The highest BCUT2D eigenvalue weighted by atomic mass is 32.3. The molecule has 3 heterocycles. The number of oxime groups is 1. The highest BCUT2D eigenvalue weighted by Gasteiger charge is 2.57. The topological polar surface area (TPSA) is 210 Å². The van der Waals surface area contributed by atoms with Crippen LogP contribution in [0.5, 0.6) is 5.75 Å². The number of amides is 1. The highest BCUT2D eigenvalue weighted by molar-refractivity contribution is 7.80. The third-order valence-corrected chi connectivity index (χ3v) is 6.84. The summed E-state index contributed by atoms with van der Waals surface area (Å²) in [5.41, 5.74) is 10.3. The highest BCUT2D eigenvalue weighted by Crippen LogP contribution is 2.40. The number of benzene rings is 1. The van der Waals surface area contributed by atoms with E-state index in [1.54, 1.807) is 30.5 Å². The Hall–Kier alpha value is -3.86. The Morgan fingerprint density at radius 3 is 2.68 bits per heavy atom. The van der Waals surface area contributed by atoms with E-state index >= 15 is 0 Å². The zero-order valence-corrected chi connectivity index (χ0v) is 21.9. The lowest BCUT2D eigenvalue weighted by Gasteiger charge is -2.50. The number of Topliss-reactive ketones (excluding diaryl/α,β-unsaturated/α-hetero) is 1. The molecule has 14 nitrogen and oxygen atoms in total. The van der Waals surface area contributed by atoms with Crippen molar-refractivity contribution >= 4 is 60.9 Å². The van der Waals surface area contributed by atoms with Crippen LogP contribution in [-0.4, -0.2) is 64.2 Å². The Labute approximate surface area is 221 Å². The number of thiazole rings is 1. The van der Waals surface area contributed by atoms with Crippen LogP contribution < -0.4 is 16.2 Å². The number of aromatic nitrogens is 2. The molecule has 5 N–H and O–H groups in total. The summed E-state index contributed by atoms with van der Waals surface area (Å²) < 4.78 is 40.9. The lowest BCUT2D eigenvalue weighted by molar-refractivity contribution is -0.228. The first-order valence-corrected chi connectivity index (χ1v) is 13.3. The number of hydrogen-bond acceptors (Lipinski definition) is 13. The second-order valence-electron chi connectivity index (χ2n) is 8.74. The molecule has 3 aromatic rings. The number of nitrogens with two attached hydrogens (primary N) is 2. The molecule has 38 heavy (non-hydrogen) atoms. The van der Waals surface area contributed by atoms with Crippen molar-refractivity contribution in [3.63, 3.8) is 0 Å². The maximum absolute atomic E-state index is 13.1. The minimum Gasteiger partial charge on any atom is -0.490 e. The van der Waals surface area contributed by atoms with Crippen molar-refractivity contribution in [3.05, 3.63) is 41.5 Å². The molecular weight excluding hydrogens is 540 g/mol. The summed E-state index contributed by atoms with van der Waals surface area (Å²) in [5.74, 6) is -1.34. The smallest absolute Gasteiger partial charge is 0.418 e. The van der Waals surface area contributed by atoms with E-state index in [9.17, 15) is 18.0 Å². The van der Waals surface area contributed by atoms with Crippen LogP contribution in [0.1, 0.15) is 26.0 Å². The monoisotopic (exact) mass is 564 g/mol. The minimum atomic E-state index is -4.91. The molecule has 1 aliphatic heterocycles. The summed E-state index contributed by atoms with van der Waals surface area (Å²) in [4.78, 5) is 39.0. The molecule has 1 aliphatic rings. The van der Waals surface area contributed by atoms with Gasteiger partial charge < -0.3 is 21.0 Å². The van der Waals surface area contributed by atoms with Crippen molar-refractivity contribution in [2.24, 2.45) is 11.1 Å². The van der Waals surface area contributed by atoms with Crippen molar-refractivity contribution < 1.29 is 36.4 Å². The van der Waals surface area contributed by atoms with Crippen LogP contribution in [-0.2, 0) is 29.1 Å². The largest absolute Gasteiger partial charge is 0.490 e. The van der Waals surface area contributed by atoms with Crippen LogP contribution in [0, 0.1) is 5.92 Å². The fourth-order valence-corrected chi connectivity index (χ4v) is 4.86. The number of carbonyl (C=O) groups excluding carboxylic acids is 2. The number of β-lactam (4-membered cyclic amide) rings is 1. The van der Waals surface area contributed by atoms with E-state index in [0.717, 1.165) is 22.1 Å². The van der Waals surface area contributed by atoms with Gasteiger partial charge in [-0.1, -0.05) is 5.16 Å². The molecule has 0 saturated carbocycles. The summed E-state index contributed by atoms with van der Waals surface area (Å²) in [6.07, 6.45) is 1.25. The second kappa shape index (κ2) is 10.5. The number of nitrogens with zero attached hydrogens (tertiary/aromatic N) is 4. The van der Waals surface area contributed by atoms with Gasteiger partial charge in [0.05, 0.1) is 11.5 Å². The van der Waals surface area contributed by atoms with Crippen LogP contribution >= 0.6 is 11.3 Å². The summed E-state index contributed by atoms with van der Waals surface area (Å²) >= 11 is 1.09. The average Bonchev–Trinajstić information content (AvgIpc) is 3.28. The number of pyridine rings is 1. The number of ether oxygens (including phenoxy) is 1. The third-order valence-electron chi connectivity index (χ3n) is 5.83. The number of ketones is 1. The predicted molar refractivity (Wildman–Crippen MR) is 137 cm³/mol. The molecule has 0 spiro atoms. The summed E-state index contributed by atoms with van der Waals surface area (Å²) in [5, 5.41) is 7.80. The van der Waals surface area contributed by atoms with E-state index in [2.05, 4.69) is 19.4 Å². The molecule has 1 fully saturated rings. The molecule has 2 aromatic heterocycles. The summed E-state index contributed by atoms with van der Waals surface area (Å²) in [6, 6.07) is 7.14. The molecule has 0 unspecified atom stereocenters. The fraction of sp³-hybridized carbons (Fsp3) is 0.318. The SMILES string of the molecule is CC1(C)[C@H](CC(=O)/C(=N\OCCOc2ccc3c(N)nccc3c2)c2csc(N)n2)C(=O)N1OS(=O)(=O)O. The molecule has 0 bridgehead atoms. The van der Waals surface area contributed by atoms with Gasteiger partial charge in [0, 0.05) is 23.4 Å². The first-order chi connectivity index (χ1) is 17.9. The molecule has 1 aromatic carbocycles. The molecule has 0 radical (unpaired) electrons. The van der Waals surface area contributed by atoms with Gasteiger partial charge in [-0.25, -0.2) is 9.97 Å². The minimum absolute atomic E-state index is 0.0171. The molecule has 4 rings (SSSR count). The van der Waals surface area contributed by atoms with Crippen LogP contribution in [0.25, 0.3) is 10.8 Å². The van der Waals surface area contributed by atoms with Crippen molar-refractivity contribution in [2.75, 3.05) is 24.7 Å². The molecule has 0 aliphatic carbocycles. The normalized spacial score (nSPS) is 17.3. The molecule has 1 saturated heterocycles. The van der Waals surface area contributed by atoms with Gasteiger partial charge in [0.1, 0.15) is 23.9 Å². The number of hydroxylamine groups is 2. The first kappa shape index (κ1) is 27.2. The van der Waals surface area contributed by atoms with Crippen molar-refractivity contribution in [1.82, 2.24) is 15.0 Å². The Morgan fingerprint density at radius 1 is 1.26 bits per heavy atom. The van der Waals surface area contributed by atoms with Crippen molar-refractivity contribution in [2.45, 2.75) is 25.8 Å². The van der Waals surface area contributed by atoms with Crippen molar-refractivity contribution in [3.8, 4) is 5.75 Å². The number of carbonyl (C=O) groups is 2. The van der Waals surface area contributed by atoms with E-state index in [4.69, 9.17) is 25.6 Å². The number of fused-ring (bicyclic) bond motifs is 1. The van der Waals surface area contributed by atoms with E-state index < -0.39 is 33.5 Å². The van der Waals surface area contributed by atoms with E-state index in [0.29, 0.717) is 16.6 Å². The van der Waals surface area contributed by atoms with Crippen LogP contribution in [0.2, 0.25) is 0 Å². The number of nitrogen functional groups attached to an aromatic ring is 2. The zero-order valence-electron chi connectivity index (χ0n) is 20.2. The van der Waals surface area contributed by atoms with Gasteiger partial charge >= 0.3 is 10.4 Å². The molecule has 1 amide bonds.